The van der Waals surface area contributed by atoms with Gasteiger partial charge in [0.2, 0.25) is 0 Å². The van der Waals surface area contributed by atoms with Crippen LogP contribution in [0.1, 0.15) is 18.0 Å². The molecule has 1 aromatic rings. The summed E-state index contributed by atoms with van der Waals surface area (Å²) in [4.78, 5) is 24.1. The van der Waals surface area contributed by atoms with E-state index in [2.05, 4.69) is 5.32 Å². The second-order valence-electron chi connectivity index (χ2n) is 3.95. The molecule has 0 spiro atoms. The van der Waals surface area contributed by atoms with Gasteiger partial charge in [0.1, 0.15) is 0 Å². The summed E-state index contributed by atoms with van der Waals surface area (Å²) in [5.74, 6) is -0.904. The molecular weight excluding hydrogens is 220 g/mol. The highest BCUT2D eigenvalue weighted by atomic mass is 16.4. The standard InChI is InChI=1S/C12H14N2O3/c15-11(16)8-10(9-4-2-1-3-5-9)14-7-6-13-12(14)17/h1-5,10H,6-8H2,(H,13,17)(H,15,16). The van der Waals surface area contributed by atoms with Gasteiger partial charge in [-0.3, -0.25) is 4.79 Å². The maximum absolute atomic E-state index is 11.6. The zero-order valence-electron chi connectivity index (χ0n) is 9.30. The number of amides is 2. The van der Waals surface area contributed by atoms with Gasteiger partial charge in [0.15, 0.2) is 0 Å². The number of nitrogens with one attached hydrogen (secondary N) is 1. The molecule has 1 fully saturated rings. The van der Waals surface area contributed by atoms with Gasteiger partial charge >= 0.3 is 12.0 Å². The van der Waals surface area contributed by atoms with Crippen LogP contribution in [0, 0.1) is 0 Å². The minimum atomic E-state index is -0.904. The molecule has 1 aliphatic heterocycles. The van der Waals surface area contributed by atoms with Crippen LogP contribution in [-0.4, -0.2) is 35.1 Å². The van der Waals surface area contributed by atoms with E-state index in [1.54, 1.807) is 4.90 Å². The molecular formula is C12H14N2O3. The SMILES string of the molecule is O=C(O)CC(c1ccccc1)N1CCNC1=O. The van der Waals surface area contributed by atoms with Crippen molar-refractivity contribution in [1.82, 2.24) is 10.2 Å². The average molecular weight is 234 g/mol. The predicted molar refractivity (Wildman–Crippen MR) is 61.5 cm³/mol. The van der Waals surface area contributed by atoms with E-state index >= 15 is 0 Å². The van der Waals surface area contributed by atoms with Gasteiger partial charge < -0.3 is 15.3 Å². The van der Waals surface area contributed by atoms with Crippen molar-refractivity contribution in [3.05, 3.63) is 35.9 Å². The van der Waals surface area contributed by atoms with Crippen molar-refractivity contribution in [1.29, 1.82) is 0 Å². The summed E-state index contributed by atoms with van der Waals surface area (Å²) in [7, 11) is 0. The molecule has 1 aliphatic rings. The smallest absolute Gasteiger partial charge is 0.318 e. The fraction of sp³-hybridized carbons (Fsp3) is 0.333. The van der Waals surface area contributed by atoms with Gasteiger partial charge in [-0.05, 0) is 5.56 Å². The van der Waals surface area contributed by atoms with Crippen molar-refractivity contribution in [2.24, 2.45) is 0 Å². The minimum absolute atomic E-state index is 0.0720. The van der Waals surface area contributed by atoms with E-state index < -0.39 is 12.0 Å². The zero-order chi connectivity index (χ0) is 12.3. The summed E-state index contributed by atoms with van der Waals surface area (Å²) in [5.41, 5.74) is 0.854. The first-order valence-corrected chi connectivity index (χ1v) is 5.49. The summed E-state index contributed by atoms with van der Waals surface area (Å²) in [6, 6.07) is 8.66. The molecule has 5 heteroatoms. The number of carbonyl (C=O) groups is 2. The molecule has 2 N–H and O–H groups in total. The third-order valence-electron chi connectivity index (χ3n) is 2.82. The average Bonchev–Trinajstić information content (AvgIpc) is 2.73. The second-order valence-corrected chi connectivity index (χ2v) is 3.95. The molecule has 1 saturated heterocycles. The molecule has 17 heavy (non-hydrogen) atoms. The van der Waals surface area contributed by atoms with Crippen molar-refractivity contribution < 1.29 is 14.7 Å². The topological polar surface area (TPSA) is 69.6 Å². The Hall–Kier alpha value is -2.04. The number of hydrogen-bond acceptors (Lipinski definition) is 2. The third-order valence-corrected chi connectivity index (χ3v) is 2.82. The number of carboxylic acids is 1. The van der Waals surface area contributed by atoms with Gasteiger partial charge in [0.25, 0.3) is 0 Å². The maximum atomic E-state index is 11.6. The van der Waals surface area contributed by atoms with Gasteiger partial charge in [-0.25, -0.2) is 4.79 Å². The molecule has 1 atom stereocenters. The Morgan fingerprint density at radius 2 is 2.12 bits per heavy atom. The lowest BCUT2D eigenvalue weighted by Crippen LogP contribution is -2.33. The maximum Gasteiger partial charge on any atom is 0.318 e. The van der Waals surface area contributed by atoms with Gasteiger partial charge in [-0.15, -0.1) is 0 Å². The van der Waals surface area contributed by atoms with Crippen LogP contribution < -0.4 is 5.32 Å². The van der Waals surface area contributed by atoms with Crippen molar-refractivity contribution in [3.63, 3.8) is 0 Å². The van der Waals surface area contributed by atoms with E-state index in [1.165, 1.54) is 0 Å². The first kappa shape index (κ1) is 11.4. The quantitative estimate of drug-likeness (QED) is 0.823. The summed E-state index contributed by atoms with van der Waals surface area (Å²) >= 11 is 0. The Morgan fingerprint density at radius 3 is 2.65 bits per heavy atom. The summed E-state index contributed by atoms with van der Waals surface area (Å²) in [6.45, 7) is 1.12. The van der Waals surface area contributed by atoms with Gasteiger partial charge in [-0.2, -0.15) is 0 Å². The Kier molecular flexibility index (Phi) is 3.27. The highest BCUT2D eigenvalue weighted by Gasteiger charge is 2.30. The molecule has 5 nitrogen and oxygen atoms in total. The number of benzene rings is 1. The first-order chi connectivity index (χ1) is 8.18. The van der Waals surface area contributed by atoms with Crippen molar-refractivity contribution in [3.8, 4) is 0 Å². The van der Waals surface area contributed by atoms with E-state index in [0.717, 1.165) is 5.56 Å². The number of rotatable bonds is 4. The van der Waals surface area contributed by atoms with Crippen molar-refractivity contribution >= 4 is 12.0 Å². The minimum Gasteiger partial charge on any atom is -0.481 e. The molecule has 0 saturated carbocycles. The molecule has 0 bridgehead atoms. The number of aliphatic carboxylic acids is 1. The molecule has 2 rings (SSSR count). The van der Waals surface area contributed by atoms with Crippen LogP contribution in [0.4, 0.5) is 4.79 Å². The molecule has 0 aromatic heterocycles. The van der Waals surface area contributed by atoms with E-state index in [1.807, 2.05) is 30.3 Å². The Labute approximate surface area is 99.0 Å². The first-order valence-electron chi connectivity index (χ1n) is 5.49. The number of carboxylic acid groups (broad SMARTS) is 1. The molecule has 1 aromatic carbocycles. The van der Waals surface area contributed by atoms with Crippen LogP contribution in [-0.2, 0) is 4.79 Å². The van der Waals surface area contributed by atoms with Crippen molar-refractivity contribution in [2.45, 2.75) is 12.5 Å². The summed E-state index contributed by atoms with van der Waals surface area (Å²) in [6.07, 6.45) is -0.0720. The monoisotopic (exact) mass is 234 g/mol. The lowest BCUT2D eigenvalue weighted by molar-refractivity contribution is -0.138. The highest BCUT2D eigenvalue weighted by Crippen LogP contribution is 2.25. The zero-order valence-corrected chi connectivity index (χ0v) is 9.30. The molecule has 0 radical (unpaired) electrons. The Bertz CT molecular complexity index is 419. The number of carbonyl (C=O) groups excluding carboxylic acids is 1. The molecule has 1 heterocycles. The highest BCUT2D eigenvalue weighted by molar-refractivity contribution is 5.78. The molecule has 2 amide bonds. The number of nitrogens with zero attached hydrogens (tertiary/aromatic N) is 1. The lowest BCUT2D eigenvalue weighted by atomic mass is 10.0. The summed E-state index contributed by atoms with van der Waals surface area (Å²) in [5, 5.41) is 11.6. The molecule has 90 valence electrons. The summed E-state index contributed by atoms with van der Waals surface area (Å²) < 4.78 is 0. The lowest BCUT2D eigenvalue weighted by Gasteiger charge is -2.25. The fourth-order valence-electron chi connectivity index (χ4n) is 2.03. The number of urea groups is 1. The van der Waals surface area contributed by atoms with Crippen LogP contribution in [0.5, 0.6) is 0 Å². The number of hydrogen-bond donors (Lipinski definition) is 2. The molecule has 1 unspecified atom stereocenters. The van der Waals surface area contributed by atoms with E-state index in [-0.39, 0.29) is 12.5 Å². The largest absolute Gasteiger partial charge is 0.481 e. The van der Waals surface area contributed by atoms with Crippen molar-refractivity contribution in [2.75, 3.05) is 13.1 Å². The van der Waals surface area contributed by atoms with E-state index in [0.29, 0.717) is 13.1 Å². The van der Waals surface area contributed by atoms with E-state index in [4.69, 9.17) is 5.11 Å². The van der Waals surface area contributed by atoms with Crippen LogP contribution in [0.25, 0.3) is 0 Å². The third kappa shape index (κ3) is 2.55. The van der Waals surface area contributed by atoms with Gasteiger partial charge in [0.05, 0.1) is 12.5 Å². The van der Waals surface area contributed by atoms with Crippen LogP contribution in [0.2, 0.25) is 0 Å². The Balaban J connectivity index is 2.25. The van der Waals surface area contributed by atoms with E-state index in [9.17, 15) is 9.59 Å². The second kappa shape index (κ2) is 4.86. The normalized spacial score (nSPS) is 16.7. The van der Waals surface area contributed by atoms with Crippen LogP contribution in [0.15, 0.2) is 30.3 Å². The van der Waals surface area contributed by atoms with Gasteiger partial charge in [0, 0.05) is 13.1 Å². The fourth-order valence-corrected chi connectivity index (χ4v) is 2.03. The predicted octanol–water partition coefficient (Wildman–Crippen LogP) is 1.23. The van der Waals surface area contributed by atoms with Crippen LogP contribution >= 0.6 is 0 Å². The molecule has 0 aliphatic carbocycles. The van der Waals surface area contributed by atoms with Crippen LogP contribution in [0.3, 0.4) is 0 Å². The Morgan fingerprint density at radius 1 is 1.41 bits per heavy atom. The van der Waals surface area contributed by atoms with Gasteiger partial charge in [-0.1, -0.05) is 30.3 Å².